The van der Waals surface area contributed by atoms with Crippen LogP contribution in [0.2, 0.25) is 0 Å². The summed E-state index contributed by atoms with van der Waals surface area (Å²) in [6.45, 7) is 5.87. The van der Waals surface area contributed by atoms with E-state index < -0.39 is 0 Å². The topological polar surface area (TPSA) is 82.5 Å². The summed E-state index contributed by atoms with van der Waals surface area (Å²) in [5.41, 5.74) is 2.74. The first-order valence-electron chi connectivity index (χ1n) is 11.2. The molecular formula is C23H28N6O2. The number of nitrogens with zero attached hydrogens (tertiary/aromatic N) is 6. The minimum absolute atomic E-state index is 0.0428. The molecule has 8 heteroatoms. The first-order valence-corrected chi connectivity index (χ1v) is 11.2. The first-order chi connectivity index (χ1) is 15.1. The first kappa shape index (κ1) is 19.9. The Hall–Kier alpha value is -3.03. The van der Waals surface area contributed by atoms with E-state index in [0.717, 1.165) is 44.6 Å². The molecule has 31 heavy (non-hydrogen) atoms. The number of carbonyl (C=O) groups is 2. The van der Waals surface area contributed by atoms with Crippen LogP contribution in [0.15, 0.2) is 30.7 Å². The van der Waals surface area contributed by atoms with E-state index in [0.29, 0.717) is 43.0 Å². The van der Waals surface area contributed by atoms with Crippen LogP contribution in [0, 0.1) is 0 Å². The zero-order chi connectivity index (χ0) is 21.4. The van der Waals surface area contributed by atoms with Gasteiger partial charge in [0.15, 0.2) is 0 Å². The lowest BCUT2D eigenvalue weighted by Gasteiger charge is -2.34. The standard InChI is InChI=1S/C23H28N6O2/c1-16(30)27-9-11-28(12-10-27)23-25-14-20(21(26-23)17-4-5-17)22(31)29-8-6-19(15-29)18-3-2-7-24-13-18/h2-3,7,13-14,17,19H,4-6,8-12,15H2,1H3. The minimum Gasteiger partial charge on any atom is -0.339 e. The molecule has 0 radical (unpaired) electrons. The van der Waals surface area contributed by atoms with Crippen LogP contribution >= 0.6 is 0 Å². The number of carbonyl (C=O) groups excluding carboxylic acids is 2. The Labute approximate surface area is 182 Å². The monoisotopic (exact) mass is 420 g/mol. The Morgan fingerprint density at radius 2 is 1.77 bits per heavy atom. The molecule has 2 aliphatic heterocycles. The maximum atomic E-state index is 13.4. The van der Waals surface area contributed by atoms with E-state index >= 15 is 0 Å². The number of hydrogen-bond donors (Lipinski definition) is 0. The van der Waals surface area contributed by atoms with Crippen LogP contribution in [0.4, 0.5) is 5.95 Å². The quantitative estimate of drug-likeness (QED) is 0.753. The number of piperazine rings is 1. The van der Waals surface area contributed by atoms with Crippen molar-refractivity contribution < 1.29 is 9.59 Å². The van der Waals surface area contributed by atoms with Crippen LogP contribution in [0.5, 0.6) is 0 Å². The summed E-state index contributed by atoms with van der Waals surface area (Å²) in [7, 11) is 0. The lowest BCUT2D eigenvalue weighted by Crippen LogP contribution is -2.48. The van der Waals surface area contributed by atoms with Gasteiger partial charge in [-0.05, 0) is 30.9 Å². The molecule has 2 amide bonds. The summed E-state index contributed by atoms with van der Waals surface area (Å²) in [6, 6.07) is 4.04. The lowest BCUT2D eigenvalue weighted by atomic mass is 10.0. The normalized spacial score (nSPS) is 21.5. The second kappa shape index (κ2) is 8.24. The van der Waals surface area contributed by atoms with Gasteiger partial charge < -0.3 is 14.7 Å². The van der Waals surface area contributed by atoms with Gasteiger partial charge in [0, 0.05) is 76.6 Å². The van der Waals surface area contributed by atoms with Gasteiger partial charge in [0.2, 0.25) is 11.9 Å². The Bertz CT molecular complexity index is 969. The number of likely N-dealkylation sites (tertiary alicyclic amines) is 1. The van der Waals surface area contributed by atoms with Crippen molar-refractivity contribution in [3.8, 4) is 0 Å². The molecule has 1 unspecified atom stereocenters. The number of pyridine rings is 1. The van der Waals surface area contributed by atoms with Crippen LogP contribution < -0.4 is 4.90 Å². The molecule has 0 spiro atoms. The predicted molar refractivity (Wildman–Crippen MR) is 116 cm³/mol. The highest BCUT2D eigenvalue weighted by molar-refractivity contribution is 5.95. The van der Waals surface area contributed by atoms with Gasteiger partial charge in [-0.3, -0.25) is 14.6 Å². The molecule has 2 aromatic rings. The fraction of sp³-hybridized carbons (Fsp3) is 0.522. The van der Waals surface area contributed by atoms with Crippen molar-refractivity contribution in [3.63, 3.8) is 0 Å². The van der Waals surface area contributed by atoms with Gasteiger partial charge in [-0.15, -0.1) is 0 Å². The van der Waals surface area contributed by atoms with Gasteiger partial charge in [0.05, 0.1) is 11.3 Å². The summed E-state index contributed by atoms with van der Waals surface area (Å²) in [5.74, 6) is 1.52. The summed E-state index contributed by atoms with van der Waals surface area (Å²) < 4.78 is 0. The maximum absolute atomic E-state index is 13.4. The van der Waals surface area contributed by atoms with E-state index in [1.807, 2.05) is 22.1 Å². The average molecular weight is 421 g/mol. The van der Waals surface area contributed by atoms with E-state index in [-0.39, 0.29) is 11.8 Å². The zero-order valence-corrected chi connectivity index (χ0v) is 17.9. The summed E-state index contributed by atoms with van der Waals surface area (Å²) >= 11 is 0. The highest BCUT2D eigenvalue weighted by atomic mass is 16.2. The van der Waals surface area contributed by atoms with Crippen molar-refractivity contribution in [2.24, 2.45) is 0 Å². The van der Waals surface area contributed by atoms with Gasteiger partial charge in [0.25, 0.3) is 5.91 Å². The molecule has 8 nitrogen and oxygen atoms in total. The fourth-order valence-corrected chi connectivity index (χ4v) is 4.60. The van der Waals surface area contributed by atoms with Gasteiger partial charge in [0.1, 0.15) is 0 Å². The summed E-state index contributed by atoms with van der Waals surface area (Å²) in [5, 5.41) is 0. The smallest absolute Gasteiger partial charge is 0.257 e. The minimum atomic E-state index is 0.0428. The molecule has 3 aliphatic rings. The van der Waals surface area contributed by atoms with E-state index in [1.54, 1.807) is 19.3 Å². The Morgan fingerprint density at radius 3 is 2.45 bits per heavy atom. The molecule has 0 aromatic carbocycles. The van der Waals surface area contributed by atoms with Gasteiger partial charge in [-0.2, -0.15) is 0 Å². The molecule has 0 bridgehead atoms. The van der Waals surface area contributed by atoms with Crippen LogP contribution in [0.25, 0.3) is 0 Å². The fourth-order valence-electron chi connectivity index (χ4n) is 4.60. The molecule has 1 atom stereocenters. The number of aromatic nitrogens is 3. The third-order valence-corrected chi connectivity index (χ3v) is 6.64. The lowest BCUT2D eigenvalue weighted by molar-refractivity contribution is -0.129. The highest BCUT2D eigenvalue weighted by Gasteiger charge is 2.35. The van der Waals surface area contributed by atoms with Crippen molar-refractivity contribution in [1.29, 1.82) is 0 Å². The number of hydrogen-bond acceptors (Lipinski definition) is 6. The van der Waals surface area contributed by atoms with Crippen molar-refractivity contribution >= 4 is 17.8 Å². The Kier molecular flexibility index (Phi) is 5.29. The molecule has 5 rings (SSSR count). The molecular weight excluding hydrogens is 392 g/mol. The Morgan fingerprint density at radius 1 is 0.968 bits per heavy atom. The molecule has 4 heterocycles. The van der Waals surface area contributed by atoms with E-state index in [2.05, 4.69) is 20.9 Å². The number of amides is 2. The van der Waals surface area contributed by atoms with Crippen LogP contribution in [0.3, 0.4) is 0 Å². The molecule has 2 aromatic heterocycles. The third-order valence-electron chi connectivity index (χ3n) is 6.64. The SMILES string of the molecule is CC(=O)N1CCN(c2ncc(C(=O)N3CCC(c4cccnc4)C3)c(C3CC3)n2)CC1. The van der Waals surface area contributed by atoms with Crippen LogP contribution in [-0.2, 0) is 4.79 Å². The molecule has 3 fully saturated rings. The van der Waals surface area contributed by atoms with Gasteiger partial charge in [-0.1, -0.05) is 6.07 Å². The average Bonchev–Trinajstić information content (AvgIpc) is 3.55. The molecule has 1 aliphatic carbocycles. The van der Waals surface area contributed by atoms with Crippen molar-refractivity contribution in [2.75, 3.05) is 44.2 Å². The van der Waals surface area contributed by atoms with Crippen molar-refractivity contribution in [1.82, 2.24) is 24.8 Å². The van der Waals surface area contributed by atoms with Crippen LogP contribution in [-0.4, -0.2) is 75.8 Å². The number of anilines is 1. The van der Waals surface area contributed by atoms with E-state index in [9.17, 15) is 9.59 Å². The van der Waals surface area contributed by atoms with Gasteiger partial charge in [-0.25, -0.2) is 9.97 Å². The highest BCUT2D eigenvalue weighted by Crippen LogP contribution is 2.41. The second-order valence-corrected chi connectivity index (χ2v) is 8.76. The second-order valence-electron chi connectivity index (χ2n) is 8.76. The van der Waals surface area contributed by atoms with E-state index in [4.69, 9.17) is 4.98 Å². The zero-order valence-electron chi connectivity index (χ0n) is 17.9. The summed E-state index contributed by atoms with van der Waals surface area (Å²) in [4.78, 5) is 44.5. The molecule has 162 valence electrons. The summed E-state index contributed by atoms with van der Waals surface area (Å²) in [6.07, 6.45) is 8.52. The number of rotatable bonds is 4. The predicted octanol–water partition coefficient (Wildman–Crippen LogP) is 2.05. The molecule has 2 saturated heterocycles. The molecule has 0 N–H and O–H groups in total. The Balaban J connectivity index is 1.32. The van der Waals surface area contributed by atoms with E-state index in [1.165, 1.54) is 5.56 Å². The van der Waals surface area contributed by atoms with Crippen molar-refractivity contribution in [3.05, 3.63) is 47.5 Å². The third kappa shape index (κ3) is 4.11. The van der Waals surface area contributed by atoms with Crippen molar-refractivity contribution in [2.45, 2.75) is 38.0 Å². The van der Waals surface area contributed by atoms with Gasteiger partial charge >= 0.3 is 0 Å². The van der Waals surface area contributed by atoms with Crippen LogP contribution in [0.1, 0.15) is 59.6 Å². The molecule has 1 saturated carbocycles. The maximum Gasteiger partial charge on any atom is 0.257 e. The largest absolute Gasteiger partial charge is 0.339 e.